The minimum atomic E-state index is -0.504. The zero-order valence-electron chi connectivity index (χ0n) is 35.3. The molecule has 2 saturated carbocycles. The van der Waals surface area contributed by atoms with Gasteiger partial charge in [-0.2, -0.15) is 0 Å². The van der Waals surface area contributed by atoms with Gasteiger partial charge in [0.25, 0.3) is 0 Å². The van der Waals surface area contributed by atoms with Crippen LogP contribution in [0.5, 0.6) is 0 Å². The van der Waals surface area contributed by atoms with Crippen molar-refractivity contribution < 1.29 is 0 Å². The molecule has 2 bridgehead atoms. The molecule has 1 nitrogen and oxygen atoms in total. The predicted octanol–water partition coefficient (Wildman–Crippen LogP) is 15.8. The average Bonchev–Trinajstić information content (AvgIpc) is 4.00. The highest BCUT2D eigenvalue weighted by atomic mass is 15.1. The normalized spacial score (nSPS) is 18.7. The van der Waals surface area contributed by atoms with E-state index in [0.717, 1.165) is 11.8 Å². The van der Waals surface area contributed by atoms with Gasteiger partial charge in [-0.15, -0.1) is 0 Å². The third-order valence-electron chi connectivity index (χ3n) is 14.5. The zero-order valence-corrected chi connectivity index (χ0v) is 35.3. The van der Waals surface area contributed by atoms with Crippen molar-refractivity contribution in [2.24, 2.45) is 11.8 Å². The van der Waals surface area contributed by atoms with Crippen LogP contribution in [-0.4, -0.2) is 0 Å². The number of hydrogen-bond acceptors (Lipinski definition) is 1. The predicted molar refractivity (Wildman–Crippen MR) is 253 cm³/mol. The molecule has 0 spiro atoms. The molecule has 3 unspecified atom stereocenters. The molecule has 1 heteroatoms. The number of hydrogen-bond donors (Lipinski definition) is 0. The molecule has 0 radical (unpaired) electrons. The molecule has 3 aliphatic carbocycles. The molecule has 0 saturated heterocycles. The fourth-order valence-electron chi connectivity index (χ4n) is 11.9. The number of nitrogens with zero attached hydrogens (tertiary/aromatic N) is 1. The maximum atomic E-state index is 2.67. The third kappa shape index (κ3) is 5.73. The Morgan fingerprint density at radius 1 is 0.517 bits per heavy atom. The van der Waals surface area contributed by atoms with Crippen LogP contribution in [0.1, 0.15) is 91.3 Å². The first-order valence-corrected chi connectivity index (χ1v) is 22.2. The Bertz CT molecular complexity index is 2860. The van der Waals surface area contributed by atoms with Crippen LogP contribution in [0.2, 0.25) is 0 Å². The number of anilines is 3. The standard InChI is InChI=1S/C59H53N/c1-39-18-17-28-53-57(39)49-33-32-46(38-54(49)59(53,44-21-7-5-8-22-44)45-23-9-6-10-24-45)60(55-29-16-14-26-48(55)50-35-40-30-31-43(50)34-40)56-37-42-20-12-11-19-41(42)36-51(56)47-25-13-15-27-52(47)58(2,3)4/h5-29,32-33,36-38,40,43,50H,30-31,34-35H2,1-4H3. The second-order valence-electron chi connectivity index (χ2n) is 18.9. The van der Waals surface area contributed by atoms with Crippen LogP contribution in [0.4, 0.5) is 17.1 Å². The molecule has 0 amide bonds. The number of rotatable bonds is 7. The lowest BCUT2D eigenvalue weighted by atomic mass is 9.67. The largest absolute Gasteiger partial charge is 0.310 e. The van der Waals surface area contributed by atoms with E-state index in [-0.39, 0.29) is 5.41 Å². The van der Waals surface area contributed by atoms with Gasteiger partial charge in [0, 0.05) is 16.9 Å². The van der Waals surface area contributed by atoms with Gasteiger partial charge in [-0.25, -0.2) is 0 Å². The lowest BCUT2D eigenvalue weighted by Crippen LogP contribution is -2.29. The summed E-state index contributed by atoms with van der Waals surface area (Å²) in [5.74, 6) is 2.15. The highest BCUT2D eigenvalue weighted by Crippen LogP contribution is 2.60. The van der Waals surface area contributed by atoms with E-state index in [2.05, 4.69) is 215 Å². The van der Waals surface area contributed by atoms with E-state index >= 15 is 0 Å². The first kappa shape index (κ1) is 36.9. The van der Waals surface area contributed by atoms with Gasteiger partial charge in [0.1, 0.15) is 0 Å². The number of aryl methyl sites for hydroxylation is 1. The Hall–Kier alpha value is -6.18. The Morgan fingerprint density at radius 3 is 1.88 bits per heavy atom. The van der Waals surface area contributed by atoms with Crippen molar-refractivity contribution in [1.29, 1.82) is 0 Å². The molecule has 3 atom stereocenters. The maximum absolute atomic E-state index is 2.67. The summed E-state index contributed by atoms with van der Waals surface area (Å²) >= 11 is 0. The Labute approximate surface area is 356 Å². The van der Waals surface area contributed by atoms with E-state index in [1.807, 2.05) is 0 Å². The maximum Gasteiger partial charge on any atom is 0.0714 e. The van der Waals surface area contributed by atoms with Crippen LogP contribution < -0.4 is 4.90 Å². The molecule has 0 heterocycles. The smallest absolute Gasteiger partial charge is 0.0714 e. The van der Waals surface area contributed by atoms with Gasteiger partial charge in [-0.3, -0.25) is 0 Å². The molecule has 0 N–H and O–H groups in total. The van der Waals surface area contributed by atoms with E-state index in [0.29, 0.717) is 5.92 Å². The van der Waals surface area contributed by atoms with Gasteiger partial charge >= 0.3 is 0 Å². The van der Waals surface area contributed by atoms with Crippen LogP contribution in [-0.2, 0) is 10.8 Å². The lowest BCUT2D eigenvalue weighted by Gasteiger charge is -2.36. The summed E-state index contributed by atoms with van der Waals surface area (Å²) in [5, 5.41) is 2.51. The molecule has 294 valence electrons. The molecule has 11 rings (SSSR count). The Balaban J connectivity index is 1.25. The van der Waals surface area contributed by atoms with Crippen LogP contribution in [0, 0.1) is 18.8 Å². The van der Waals surface area contributed by atoms with Gasteiger partial charge in [0.15, 0.2) is 0 Å². The monoisotopic (exact) mass is 775 g/mol. The summed E-state index contributed by atoms with van der Waals surface area (Å²) in [4.78, 5) is 2.67. The molecule has 8 aromatic rings. The topological polar surface area (TPSA) is 3.24 Å². The molecular formula is C59H53N. The van der Waals surface area contributed by atoms with E-state index < -0.39 is 5.41 Å². The number of benzene rings is 8. The van der Waals surface area contributed by atoms with Gasteiger partial charge in [-0.05, 0) is 146 Å². The average molecular weight is 776 g/mol. The Kier molecular flexibility index (Phi) is 8.75. The molecule has 8 aromatic carbocycles. The van der Waals surface area contributed by atoms with Crippen LogP contribution in [0.25, 0.3) is 33.0 Å². The summed E-state index contributed by atoms with van der Waals surface area (Å²) in [6.07, 6.45) is 5.39. The fourth-order valence-corrected chi connectivity index (χ4v) is 11.9. The third-order valence-corrected chi connectivity index (χ3v) is 14.5. The second kappa shape index (κ2) is 14.2. The van der Waals surface area contributed by atoms with Crippen LogP contribution in [0.3, 0.4) is 0 Å². The van der Waals surface area contributed by atoms with E-state index in [9.17, 15) is 0 Å². The van der Waals surface area contributed by atoms with Crippen molar-refractivity contribution in [1.82, 2.24) is 0 Å². The zero-order chi connectivity index (χ0) is 40.6. The minimum Gasteiger partial charge on any atom is -0.310 e. The molecule has 0 aliphatic heterocycles. The number of fused-ring (bicyclic) bond motifs is 6. The van der Waals surface area contributed by atoms with Gasteiger partial charge in [0.2, 0.25) is 0 Å². The van der Waals surface area contributed by atoms with Crippen molar-refractivity contribution in [2.45, 2.75) is 70.1 Å². The molecular weight excluding hydrogens is 723 g/mol. The molecule has 60 heavy (non-hydrogen) atoms. The lowest BCUT2D eigenvalue weighted by molar-refractivity contribution is 0.420. The summed E-state index contributed by atoms with van der Waals surface area (Å²) in [5.41, 5.74) is 17.8. The van der Waals surface area contributed by atoms with E-state index in [1.165, 1.54) is 115 Å². The SMILES string of the molecule is Cc1cccc2c1-c1ccc(N(c3cc4ccccc4cc3-c3ccccc3C(C)(C)C)c3ccccc3C3CC4CCC3C4)cc1C2(c1ccccc1)c1ccccc1. The number of para-hydroxylation sites is 1. The van der Waals surface area contributed by atoms with E-state index in [4.69, 9.17) is 0 Å². The summed E-state index contributed by atoms with van der Waals surface area (Å²) in [6, 6.07) is 69.3. The van der Waals surface area contributed by atoms with Crippen LogP contribution >= 0.6 is 0 Å². The molecule has 0 aromatic heterocycles. The Morgan fingerprint density at radius 2 is 1.18 bits per heavy atom. The minimum absolute atomic E-state index is 0.0481. The van der Waals surface area contributed by atoms with E-state index in [1.54, 1.807) is 0 Å². The summed E-state index contributed by atoms with van der Waals surface area (Å²) < 4.78 is 0. The van der Waals surface area contributed by atoms with Crippen molar-refractivity contribution in [3.8, 4) is 22.3 Å². The van der Waals surface area contributed by atoms with Crippen LogP contribution in [0.15, 0.2) is 182 Å². The van der Waals surface area contributed by atoms with Crippen molar-refractivity contribution in [3.05, 3.63) is 221 Å². The van der Waals surface area contributed by atoms with Crippen molar-refractivity contribution >= 4 is 27.8 Å². The molecule has 3 aliphatic rings. The van der Waals surface area contributed by atoms with Gasteiger partial charge in [0.05, 0.1) is 11.1 Å². The summed E-state index contributed by atoms with van der Waals surface area (Å²) in [7, 11) is 0. The first-order chi connectivity index (χ1) is 29.3. The highest BCUT2D eigenvalue weighted by molar-refractivity contribution is 6.00. The fraction of sp³-hybridized carbons (Fsp3) is 0.220. The van der Waals surface area contributed by atoms with Crippen molar-refractivity contribution in [3.63, 3.8) is 0 Å². The summed E-state index contributed by atoms with van der Waals surface area (Å²) in [6.45, 7) is 9.33. The van der Waals surface area contributed by atoms with Gasteiger partial charge in [-0.1, -0.05) is 179 Å². The second-order valence-corrected chi connectivity index (χ2v) is 18.9. The quantitative estimate of drug-likeness (QED) is 0.156. The molecule has 2 fully saturated rings. The highest BCUT2D eigenvalue weighted by Gasteiger charge is 2.47. The van der Waals surface area contributed by atoms with Crippen molar-refractivity contribution in [2.75, 3.05) is 4.90 Å². The van der Waals surface area contributed by atoms with Gasteiger partial charge < -0.3 is 4.90 Å². The first-order valence-electron chi connectivity index (χ1n) is 22.2.